The number of carbonyl (C=O) groups is 1. The topological polar surface area (TPSA) is 32.8 Å². The van der Waals surface area contributed by atoms with Crippen LogP contribution in [0, 0.1) is 0 Å². The first-order valence-electron chi connectivity index (χ1n) is 6.68. The minimum Gasteiger partial charge on any atom is -0.372 e. The number of ether oxygens (including phenoxy) is 1. The van der Waals surface area contributed by atoms with Crippen LogP contribution < -0.4 is 0 Å². The lowest BCUT2D eigenvalue weighted by atomic mass is 10.2. The van der Waals surface area contributed by atoms with Crippen molar-refractivity contribution in [2.45, 2.75) is 32.6 Å². The normalized spacial score (nSPS) is 23.9. The molecule has 1 fully saturated rings. The van der Waals surface area contributed by atoms with Gasteiger partial charge < -0.3 is 9.64 Å². The zero-order valence-corrected chi connectivity index (χ0v) is 12.7. The molecule has 2 rings (SSSR count). The smallest absolute Gasteiger partial charge is 0.236 e. The Morgan fingerprint density at radius 1 is 1.47 bits per heavy atom. The van der Waals surface area contributed by atoms with Crippen LogP contribution in [0.25, 0.3) is 0 Å². The number of thiophene rings is 1. The third-order valence-electron chi connectivity index (χ3n) is 3.18. The Balaban J connectivity index is 1.82. The van der Waals surface area contributed by atoms with Gasteiger partial charge in [-0.15, -0.1) is 11.3 Å². The summed E-state index contributed by atoms with van der Waals surface area (Å²) in [5.41, 5.74) is 0. The van der Waals surface area contributed by atoms with Gasteiger partial charge in [0, 0.05) is 24.5 Å². The summed E-state index contributed by atoms with van der Waals surface area (Å²) in [6, 6.07) is 4.14. The number of morpholine rings is 1. The van der Waals surface area contributed by atoms with Crippen LogP contribution in [0.3, 0.4) is 0 Å². The molecule has 106 valence electrons. The van der Waals surface area contributed by atoms with Gasteiger partial charge in [-0.2, -0.15) is 0 Å². The standard InChI is InChI=1S/C14H22N2O2S/c1-11-7-16(8-12(2)18-11)14(17)10-15(3)9-13-5-4-6-19-13/h4-6,11-12H,7-10H2,1-3H3. The SMILES string of the molecule is CC1CN(C(=O)CN(C)Cc2cccs2)CC(C)O1. The molecule has 1 aliphatic rings. The average molecular weight is 282 g/mol. The van der Waals surface area contributed by atoms with Crippen LogP contribution in [0.1, 0.15) is 18.7 Å². The minimum atomic E-state index is 0.135. The van der Waals surface area contributed by atoms with Crippen molar-refractivity contribution in [2.75, 3.05) is 26.7 Å². The predicted molar refractivity (Wildman–Crippen MR) is 77.2 cm³/mol. The average Bonchev–Trinajstić information content (AvgIpc) is 2.80. The van der Waals surface area contributed by atoms with Crippen molar-refractivity contribution in [3.8, 4) is 0 Å². The summed E-state index contributed by atoms with van der Waals surface area (Å²) in [5, 5.41) is 2.07. The van der Waals surface area contributed by atoms with Gasteiger partial charge in [0.05, 0.1) is 18.8 Å². The molecule has 0 aromatic carbocycles. The molecular weight excluding hydrogens is 260 g/mol. The quantitative estimate of drug-likeness (QED) is 0.844. The molecule has 1 aromatic heterocycles. The van der Waals surface area contributed by atoms with Gasteiger partial charge >= 0.3 is 0 Å². The van der Waals surface area contributed by atoms with E-state index < -0.39 is 0 Å². The van der Waals surface area contributed by atoms with Crippen molar-refractivity contribution in [3.05, 3.63) is 22.4 Å². The van der Waals surface area contributed by atoms with E-state index in [1.165, 1.54) is 4.88 Å². The fourth-order valence-electron chi connectivity index (χ4n) is 2.44. The third kappa shape index (κ3) is 4.30. The first kappa shape index (κ1) is 14.5. The maximum atomic E-state index is 12.3. The van der Waals surface area contributed by atoms with Crippen LogP contribution in [0.4, 0.5) is 0 Å². The number of hydrogen-bond donors (Lipinski definition) is 0. The Morgan fingerprint density at radius 2 is 2.16 bits per heavy atom. The molecule has 0 N–H and O–H groups in total. The van der Waals surface area contributed by atoms with Gasteiger partial charge in [-0.3, -0.25) is 9.69 Å². The molecule has 2 atom stereocenters. The van der Waals surface area contributed by atoms with Crippen molar-refractivity contribution in [1.82, 2.24) is 9.80 Å². The molecule has 1 aromatic rings. The minimum absolute atomic E-state index is 0.135. The largest absolute Gasteiger partial charge is 0.372 e. The van der Waals surface area contributed by atoms with Crippen LogP contribution in [-0.4, -0.2) is 54.6 Å². The van der Waals surface area contributed by atoms with Crippen LogP contribution in [0.2, 0.25) is 0 Å². The molecule has 0 bridgehead atoms. The van der Waals surface area contributed by atoms with Crippen molar-refractivity contribution < 1.29 is 9.53 Å². The molecule has 19 heavy (non-hydrogen) atoms. The van der Waals surface area contributed by atoms with E-state index in [0.29, 0.717) is 19.6 Å². The lowest BCUT2D eigenvalue weighted by molar-refractivity contribution is -0.144. The summed E-state index contributed by atoms with van der Waals surface area (Å²) < 4.78 is 5.65. The van der Waals surface area contributed by atoms with Gasteiger partial charge in [-0.05, 0) is 32.3 Å². The van der Waals surface area contributed by atoms with E-state index in [-0.39, 0.29) is 18.1 Å². The van der Waals surface area contributed by atoms with E-state index in [1.807, 2.05) is 31.9 Å². The van der Waals surface area contributed by atoms with Crippen LogP contribution in [-0.2, 0) is 16.1 Å². The Labute approximate surface area is 119 Å². The molecule has 2 heterocycles. The number of rotatable bonds is 4. The Bertz CT molecular complexity index is 398. The van der Waals surface area contributed by atoms with E-state index in [9.17, 15) is 4.79 Å². The highest BCUT2D eigenvalue weighted by molar-refractivity contribution is 7.09. The number of nitrogens with zero attached hydrogens (tertiary/aromatic N) is 2. The summed E-state index contributed by atoms with van der Waals surface area (Å²) in [5.74, 6) is 0.195. The molecule has 1 amide bonds. The van der Waals surface area contributed by atoms with Crippen molar-refractivity contribution in [1.29, 1.82) is 0 Å². The predicted octanol–water partition coefficient (Wildman–Crippen LogP) is 1.82. The molecule has 4 nitrogen and oxygen atoms in total. The lowest BCUT2D eigenvalue weighted by Crippen LogP contribution is -2.50. The molecule has 0 spiro atoms. The first-order valence-corrected chi connectivity index (χ1v) is 7.56. The van der Waals surface area contributed by atoms with E-state index in [4.69, 9.17) is 4.74 Å². The summed E-state index contributed by atoms with van der Waals surface area (Å²) >= 11 is 1.73. The molecule has 0 aliphatic carbocycles. The zero-order chi connectivity index (χ0) is 13.8. The highest BCUT2D eigenvalue weighted by Crippen LogP contribution is 2.13. The Morgan fingerprint density at radius 3 is 2.74 bits per heavy atom. The van der Waals surface area contributed by atoms with Crippen LogP contribution >= 0.6 is 11.3 Å². The maximum Gasteiger partial charge on any atom is 0.236 e. The molecular formula is C14H22N2O2S. The highest BCUT2D eigenvalue weighted by atomic mass is 32.1. The molecule has 1 aliphatic heterocycles. The van der Waals surface area contributed by atoms with E-state index in [1.54, 1.807) is 11.3 Å². The molecule has 0 radical (unpaired) electrons. The number of likely N-dealkylation sites (N-methyl/N-ethyl adjacent to an activating group) is 1. The molecule has 2 unspecified atom stereocenters. The van der Waals surface area contributed by atoms with Crippen LogP contribution in [0.5, 0.6) is 0 Å². The van der Waals surface area contributed by atoms with Crippen molar-refractivity contribution >= 4 is 17.2 Å². The monoisotopic (exact) mass is 282 g/mol. The number of carbonyl (C=O) groups excluding carboxylic acids is 1. The van der Waals surface area contributed by atoms with Crippen molar-refractivity contribution in [2.24, 2.45) is 0 Å². The summed E-state index contributed by atoms with van der Waals surface area (Å²) in [6.45, 7) is 6.75. The van der Waals surface area contributed by atoms with Gasteiger partial charge in [0.2, 0.25) is 5.91 Å². The number of hydrogen-bond acceptors (Lipinski definition) is 4. The van der Waals surface area contributed by atoms with Crippen LogP contribution in [0.15, 0.2) is 17.5 Å². The maximum absolute atomic E-state index is 12.3. The van der Waals surface area contributed by atoms with Gasteiger partial charge in [0.1, 0.15) is 0 Å². The second-order valence-corrected chi connectivity index (χ2v) is 6.34. The van der Waals surface area contributed by atoms with Gasteiger partial charge in [-0.25, -0.2) is 0 Å². The third-order valence-corrected chi connectivity index (χ3v) is 4.04. The first-order chi connectivity index (χ1) is 9.04. The van der Waals surface area contributed by atoms with Gasteiger partial charge in [-0.1, -0.05) is 6.07 Å². The molecule has 1 saturated heterocycles. The van der Waals surface area contributed by atoms with Gasteiger partial charge in [0.15, 0.2) is 0 Å². The zero-order valence-electron chi connectivity index (χ0n) is 11.8. The van der Waals surface area contributed by atoms with Gasteiger partial charge in [0.25, 0.3) is 0 Å². The fourth-order valence-corrected chi connectivity index (χ4v) is 3.22. The second kappa shape index (κ2) is 6.50. The molecule has 5 heteroatoms. The van der Waals surface area contributed by atoms with E-state index >= 15 is 0 Å². The lowest BCUT2D eigenvalue weighted by Gasteiger charge is -2.36. The fraction of sp³-hybridized carbons (Fsp3) is 0.643. The molecule has 0 saturated carbocycles. The Hall–Kier alpha value is -0.910. The van der Waals surface area contributed by atoms with E-state index in [2.05, 4.69) is 16.3 Å². The van der Waals surface area contributed by atoms with E-state index in [0.717, 1.165) is 6.54 Å². The Kier molecular flexibility index (Phi) is 4.96. The highest BCUT2D eigenvalue weighted by Gasteiger charge is 2.26. The summed E-state index contributed by atoms with van der Waals surface area (Å²) in [4.78, 5) is 17.5. The summed E-state index contributed by atoms with van der Waals surface area (Å²) in [6.07, 6.45) is 0.269. The summed E-state index contributed by atoms with van der Waals surface area (Å²) in [7, 11) is 1.99. The number of amides is 1. The second-order valence-electron chi connectivity index (χ2n) is 5.31. The van der Waals surface area contributed by atoms with Crippen molar-refractivity contribution in [3.63, 3.8) is 0 Å².